The van der Waals surface area contributed by atoms with E-state index in [9.17, 15) is 22.8 Å². The number of esters is 2. The summed E-state index contributed by atoms with van der Waals surface area (Å²) in [5.41, 5.74) is 0.00111. The van der Waals surface area contributed by atoms with E-state index in [0.29, 0.717) is 0 Å². The molecule has 0 aliphatic rings. The first-order valence-electron chi connectivity index (χ1n) is 8.21. The molecular weight excluding hydrogens is 375 g/mol. The number of ether oxygens (including phenoxy) is 2. The molecule has 0 radical (unpaired) electrons. The van der Waals surface area contributed by atoms with Crippen molar-refractivity contribution in [2.75, 3.05) is 18.5 Å². The lowest BCUT2D eigenvalue weighted by Gasteiger charge is -2.13. The summed E-state index contributed by atoms with van der Waals surface area (Å²) in [5.74, 6) is -1.30. The molecule has 1 N–H and O–H groups in total. The minimum Gasteiger partial charge on any atom is -0.459 e. The minimum absolute atomic E-state index is 0.131. The Hall–Kier alpha value is -3.29. The standard InChI is InChI=1S/C20H18F3NO4/c1-13(2)18(25)27-10-11-28-19(26)16-8-3-4-9-17(16)24-15-7-5-6-14(12-15)20(21,22)23/h3-9,12,24H,1,10-11H2,2H3. The summed E-state index contributed by atoms with van der Waals surface area (Å²) < 4.78 is 48.4. The molecule has 2 rings (SSSR count). The van der Waals surface area contributed by atoms with Gasteiger partial charge in [0.1, 0.15) is 13.2 Å². The van der Waals surface area contributed by atoms with Crippen LogP contribution in [-0.4, -0.2) is 25.2 Å². The highest BCUT2D eigenvalue weighted by molar-refractivity contribution is 5.96. The molecule has 0 aromatic heterocycles. The maximum atomic E-state index is 12.9. The number of carbonyl (C=O) groups is 2. The maximum absolute atomic E-state index is 12.9. The third-order valence-electron chi connectivity index (χ3n) is 3.51. The van der Waals surface area contributed by atoms with E-state index in [1.54, 1.807) is 12.1 Å². The molecular formula is C20H18F3NO4. The van der Waals surface area contributed by atoms with Gasteiger partial charge < -0.3 is 14.8 Å². The molecule has 0 fully saturated rings. The number of carbonyl (C=O) groups excluding carboxylic acids is 2. The summed E-state index contributed by atoms with van der Waals surface area (Å²) in [6, 6.07) is 10.8. The van der Waals surface area contributed by atoms with Crippen LogP contribution in [0.3, 0.4) is 0 Å². The van der Waals surface area contributed by atoms with Crippen LogP contribution in [0.1, 0.15) is 22.8 Å². The topological polar surface area (TPSA) is 64.6 Å². The highest BCUT2D eigenvalue weighted by atomic mass is 19.4. The first kappa shape index (κ1) is 21.0. The van der Waals surface area contributed by atoms with Crippen LogP contribution in [0, 0.1) is 0 Å². The van der Waals surface area contributed by atoms with Gasteiger partial charge in [0.25, 0.3) is 0 Å². The molecule has 148 valence electrons. The number of halogens is 3. The molecule has 0 saturated heterocycles. The number of alkyl halides is 3. The SMILES string of the molecule is C=C(C)C(=O)OCCOC(=O)c1ccccc1Nc1cccc(C(F)(F)F)c1. The predicted molar refractivity (Wildman–Crippen MR) is 97.2 cm³/mol. The van der Waals surface area contributed by atoms with Crippen LogP contribution < -0.4 is 5.32 Å². The fraction of sp³-hybridized carbons (Fsp3) is 0.200. The summed E-state index contributed by atoms with van der Waals surface area (Å²) in [5, 5.41) is 2.79. The van der Waals surface area contributed by atoms with E-state index in [1.807, 2.05) is 0 Å². The van der Waals surface area contributed by atoms with Gasteiger partial charge in [-0.25, -0.2) is 9.59 Å². The largest absolute Gasteiger partial charge is 0.459 e. The summed E-state index contributed by atoms with van der Waals surface area (Å²) in [6.07, 6.45) is -4.47. The van der Waals surface area contributed by atoms with Crippen molar-refractivity contribution in [3.05, 3.63) is 71.8 Å². The van der Waals surface area contributed by atoms with Gasteiger partial charge in [0.2, 0.25) is 0 Å². The van der Waals surface area contributed by atoms with E-state index in [2.05, 4.69) is 11.9 Å². The van der Waals surface area contributed by atoms with E-state index < -0.39 is 23.7 Å². The third kappa shape index (κ3) is 5.87. The smallest absolute Gasteiger partial charge is 0.416 e. The zero-order valence-corrected chi connectivity index (χ0v) is 15.0. The van der Waals surface area contributed by atoms with Crippen molar-refractivity contribution in [3.63, 3.8) is 0 Å². The second-order valence-electron chi connectivity index (χ2n) is 5.80. The Bertz CT molecular complexity index is 878. The van der Waals surface area contributed by atoms with Crippen LogP contribution in [0.2, 0.25) is 0 Å². The molecule has 2 aromatic rings. The number of hydrogen-bond acceptors (Lipinski definition) is 5. The summed E-state index contributed by atoms with van der Waals surface area (Å²) in [7, 11) is 0. The van der Waals surface area contributed by atoms with Crippen molar-refractivity contribution in [1.29, 1.82) is 0 Å². The fourth-order valence-corrected chi connectivity index (χ4v) is 2.17. The molecule has 28 heavy (non-hydrogen) atoms. The van der Waals surface area contributed by atoms with Crippen molar-refractivity contribution in [1.82, 2.24) is 0 Å². The molecule has 0 aliphatic heterocycles. The molecule has 0 heterocycles. The van der Waals surface area contributed by atoms with Crippen LogP contribution in [0.5, 0.6) is 0 Å². The van der Waals surface area contributed by atoms with Crippen molar-refractivity contribution >= 4 is 23.3 Å². The Morgan fingerprint density at radius 2 is 1.71 bits per heavy atom. The van der Waals surface area contributed by atoms with Gasteiger partial charge >= 0.3 is 18.1 Å². The van der Waals surface area contributed by atoms with Crippen molar-refractivity contribution < 1.29 is 32.2 Å². The van der Waals surface area contributed by atoms with E-state index in [0.717, 1.165) is 12.1 Å². The van der Waals surface area contributed by atoms with E-state index >= 15 is 0 Å². The van der Waals surface area contributed by atoms with Crippen molar-refractivity contribution in [3.8, 4) is 0 Å². The molecule has 5 nitrogen and oxygen atoms in total. The van der Waals surface area contributed by atoms with Gasteiger partial charge in [-0.1, -0.05) is 24.8 Å². The zero-order valence-electron chi connectivity index (χ0n) is 15.0. The predicted octanol–water partition coefficient (Wildman–Crippen LogP) is 4.73. The Balaban J connectivity index is 2.05. The number of hydrogen-bond donors (Lipinski definition) is 1. The molecule has 0 aliphatic carbocycles. The van der Waals surface area contributed by atoms with Crippen molar-refractivity contribution in [2.45, 2.75) is 13.1 Å². The Morgan fingerprint density at radius 3 is 2.39 bits per heavy atom. The quantitative estimate of drug-likeness (QED) is 0.419. The summed E-state index contributed by atoms with van der Waals surface area (Å²) in [6.45, 7) is 4.61. The Kier molecular flexibility index (Phi) is 6.81. The molecule has 2 aromatic carbocycles. The highest BCUT2D eigenvalue weighted by Crippen LogP contribution is 2.31. The van der Waals surface area contributed by atoms with E-state index in [-0.39, 0.29) is 35.7 Å². The number of rotatable bonds is 7. The van der Waals surface area contributed by atoms with Gasteiger partial charge in [-0.3, -0.25) is 0 Å². The first-order valence-corrected chi connectivity index (χ1v) is 8.21. The fourth-order valence-electron chi connectivity index (χ4n) is 2.17. The molecule has 0 unspecified atom stereocenters. The Morgan fingerprint density at radius 1 is 1.04 bits per heavy atom. The average Bonchev–Trinajstić information content (AvgIpc) is 2.64. The minimum atomic E-state index is -4.47. The number of nitrogens with one attached hydrogen (secondary N) is 1. The van der Waals surface area contributed by atoms with Gasteiger partial charge in [-0.05, 0) is 37.3 Å². The lowest BCUT2D eigenvalue weighted by Crippen LogP contribution is -2.15. The second-order valence-corrected chi connectivity index (χ2v) is 5.80. The van der Waals surface area contributed by atoms with Gasteiger partial charge in [0.05, 0.1) is 16.8 Å². The lowest BCUT2D eigenvalue weighted by atomic mass is 10.1. The van der Waals surface area contributed by atoms with Gasteiger partial charge in [0, 0.05) is 11.3 Å². The highest BCUT2D eigenvalue weighted by Gasteiger charge is 2.30. The lowest BCUT2D eigenvalue weighted by molar-refractivity contribution is -0.140. The molecule has 0 spiro atoms. The van der Waals surface area contributed by atoms with Crippen LogP contribution in [0.25, 0.3) is 0 Å². The first-order chi connectivity index (χ1) is 13.2. The second kappa shape index (κ2) is 9.07. The number of para-hydroxylation sites is 1. The summed E-state index contributed by atoms with van der Waals surface area (Å²) in [4.78, 5) is 23.5. The molecule has 8 heteroatoms. The van der Waals surface area contributed by atoms with E-state index in [4.69, 9.17) is 9.47 Å². The monoisotopic (exact) mass is 393 g/mol. The van der Waals surface area contributed by atoms with Gasteiger partial charge in [0.15, 0.2) is 0 Å². The normalized spacial score (nSPS) is 10.9. The molecule has 0 saturated carbocycles. The van der Waals surface area contributed by atoms with Crippen LogP contribution in [-0.2, 0) is 20.4 Å². The molecule has 0 amide bonds. The van der Waals surface area contributed by atoms with Gasteiger partial charge in [-0.2, -0.15) is 13.2 Å². The third-order valence-corrected chi connectivity index (χ3v) is 3.51. The average molecular weight is 393 g/mol. The number of benzene rings is 2. The number of anilines is 2. The van der Waals surface area contributed by atoms with Gasteiger partial charge in [-0.15, -0.1) is 0 Å². The Labute approximate surface area is 159 Å². The molecule has 0 bridgehead atoms. The summed E-state index contributed by atoms with van der Waals surface area (Å²) >= 11 is 0. The van der Waals surface area contributed by atoms with Crippen LogP contribution in [0.4, 0.5) is 24.5 Å². The van der Waals surface area contributed by atoms with Crippen LogP contribution in [0.15, 0.2) is 60.7 Å². The molecule has 0 atom stereocenters. The van der Waals surface area contributed by atoms with E-state index in [1.165, 1.54) is 31.2 Å². The maximum Gasteiger partial charge on any atom is 0.416 e. The van der Waals surface area contributed by atoms with Crippen LogP contribution >= 0.6 is 0 Å². The van der Waals surface area contributed by atoms with Crippen molar-refractivity contribution in [2.24, 2.45) is 0 Å². The zero-order chi connectivity index (χ0) is 20.7.